The molecule has 24 heavy (non-hydrogen) atoms. The lowest BCUT2D eigenvalue weighted by atomic mass is 10.0. The van der Waals surface area contributed by atoms with Crippen molar-refractivity contribution in [2.24, 2.45) is 0 Å². The number of amides is 1. The number of nitrogens with one attached hydrogen (secondary N) is 2. The van der Waals surface area contributed by atoms with Crippen molar-refractivity contribution in [3.63, 3.8) is 0 Å². The summed E-state index contributed by atoms with van der Waals surface area (Å²) in [6.07, 6.45) is 0.903. The fourth-order valence-corrected chi connectivity index (χ4v) is 2.51. The van der Waals surface area contributed by atoms with Gasteiger partial charge in [0, 0.05) is 12.1 Å². The van der Waals surface area contributed by atoms with E-state index < -0.39 is 0 Å². The van der Waals surface area contributed by atoms with E-state index in [0.29, 0.717) is 17.2 Å². The third-order valence-electron chi connectivity index (χ3n) is 3.80. The molecular formula is C19H24N2O3. The van der Waals surface area contributed by atoms with Crippen LogP contribution in [0.1, 0.15) is 24.9 Å². The summed E-state index contributed by atoms with van der Waals surface area (Å²) >= 11 is 0. The molecule has 2 aromatic rings. The highest BCUT2D eigenvalue weighted by Crippen LogP contribution is 2.28. The zero-order valence-corrected chi connectivity index (χ0v) is 14.3. The molecule has 5 heteroatoms. The topological polar surface area (TPSA) is 59.6 Å². The van der Waals surface area contributed by atoms with E-state index in [-0.39, 0.29) is 18.5 Å². The molecule has 0 saturated carbocycles. The molecule has 0 aliphatic rings. The SMILES string of the molecule is CCC(NCC(=O)Nc1cc(OC)ccc1OC)c1ccccc1. The molecule has 2 rings (SSSR count). The van der Waals surface area contributed by atoms with Crippen molar-refractivity contribution in [1.29, 1.82) is 0 Å². The Balaban J connectivity index is 1.98. The van der Waals surface area contributed by atoms with Gasteiger partial charge in [-0.1, -0.05) is 37.3 Å². The van der Waals surface area contributed by atoms with Crippen LogP contribution in [0.4, 0.5) is 5.69 Å². The first-order valence-corrected chi connectivity index (χ1v) is 7.98. The number of hydrogen-bond donors (Lipinski definition) is 2. The van der Waals surface area contributed by atoms with E-state index in [1.807, 2.05) is 18.2 Å². The summed E-state index contributed by atoms with van der Waals surface area (Å²) in [6, 6.07) is 15.5. The van der Waals surface area contributed by atoms with E-state index in [1.54, 1.807) is 32.4 Å². The van der Waals surface area contributed by atoms with Gasteiger partial charge >= 0.3 is 0 Å². The van der Waals surface area contributed by atoms with E-state index in [1.165, 1.54) is 5.56 Å². The number of ether oxygens (including phenoxy) is 2. The molecule has 1 amide bonds. The van der Waals surface area contributed by atoms with Crippen LogP contribution in [0.15, 0.2) is 48.5 Å². The predicted octanol–water partition coefficient (Wildman–Crippen LogP) is 3.38. The van der Waals surface area contributed by atoms with Crippen molar-refractivity contribution in [1.82, 2.24) is 5.32 Å². The molecule has 2 aromatic carbocycles. The van der Waals surface area contributed by atoms with Gasteiger partial charge in [0.05, 0.1) is 26.5 Å². The van der Waals surface area contributed by atoms with Crippen LogP contribution in [0.3, 0.4) is 0 Å². The monoisotopic (exact) mass is 328 g/mol. The Bertz CT molecular complexity index is 659. The molecule has 5 nitrogen and oxygen atoms in total. The Labute approximate surface area is 143 Å². The second-order valence-electron chi connectivity index (χ2n) is 5.37. The Morgan fingerprint density at radius 3 is 2.46 bits per heavy atom. The minimum absolute atomic E-state index is 0.129. The summed E-state index contributed by atoms with van der Waals surface area (Å²) in [4.78, 5) is 12.3. The number of carbonyl (C=O) groups is 1. The van der Waals surface area contributed by atoms with Gasteiger partial charge in [-0.25, -0.2) is 0 Å². The van der Waals surface area contributed by atoms with Gasteiger partial charge in [-0.15, -0.1) is 0 Å². The van der Waals surface area contributed by atoms with Crippen molar-refractivity contribution in [2.75, 3.05) is 26.1 Å². The molecular weight excluding hydrogens is 304 g/mol. The van der Waals surface area contributed by atoms with Gasteiger partial charge in [0.25, 0.3) is 0 Å². The number of rotatable bonds is 8. The number of hydrogen-bond acceptors (Lipinski definition) is 4. The number of carbonyl (C=O) groups excluding carboxylic acids is 1. The molecule has 0 radical (unpaired) electrons. The standard InChI is InChI=1S/C19H24N2O3/c1-4-16(14-8-6-5-7-9-14)20-13-19(22)21-17-12-15(23-2)10-11-18(17)24-3/h5-12,16,20H,4,13H2,1-3H3,(H,21,22). The minimum Gasteiger partial charge on any atom is -0.497 e. The second-order valence-corrected chi connectivity index (χ2v) is 5.37. The van der Waals surface area contributed by atoms with Crippen molar-refractivity contribution < 1.29 is 14.3 Å². The lowest BCUT2D eigenvalue weighted by Gasteiger charge is -2.18. The summed E-state index contributed by atoms with van der Waals surface area (Å²) in [6.45, 7) is 2.31. The molecule has 0 spiro atoms. The molecule has 0 fully saturated rings. The molecule has 1 unspecified atom stereocenters. The van der Waals surface area contributed by atoms with Crippen LogP contribution in [-0.2, 0) is 4.79 Å². The van der Waals surface area contributed by atoms with Crippen LogP contribution in [0, 0.1) is 0 Å². The second kappa shape index (κ2) is 8.93. The Kier molecular flexibility index (Phi) is 6.63. The molecule has 0 aromatic heterocycles. The van der Waals surface area contributed by atoms with Gasteiger partial charge in [-0.3, -0.25) is 4.79 Å². The number of benzene rings is 2. The third-order valence-corrected chi connectivity index (χ3v) is 3.80. The molecule has 128 valence electrons. The normalized spacial score (nSPS) is 11.6. The Morgan fingerprint density at radius 1 is 1.08 bits per heavy atom. The zero-order valence-electron chi connectivity index (χ0n) is 14.3. The van der Waals surface area contributed by atoms with Gasteiger partial charge in [-0.05, 0) is 24.1 Å². The summed E-state index contributed by atoms with van der Waals surface area (Å²) in [5.74, 6) is 1.13. The van der Waals surface area contributed by atoms with E-state index in [4.69, 9.17) is 9.47 Å². The minimum atomic E-state index is -0.129. The van der Waals surface area contributed by atoms with E-state index >= 15 is 0 Å². The molecule has 1 atom stereocenters. The first-order valence-electron chi connectivity index (χ1n) is 7.98. The van der Waals surface area contributed by atoms with Gasteiger partial charge in [0.2, 0.25) is 5.91 Å². The lowest BCUT2D eigenvalue weighted by molar-refractivity contribution is -0.115. The fourth-order valence-electron chi connectivity index (χ4n) is 2.51. The average molecular weight is 328 g/mol. The largest absolute Gasteiger partial charge is 0.497 e. The Morgan fingerprint density at radius 2 is 1.83 bits per heavy atom. The van der Waals surface area contributed by atoms with Crippen molar-refractivity contribution in [3.8, 4) is 11.5 Å². The summed E-state index contributed by atoms with van der Waals surface area (Å²) in [5.41, 5.74) is 1.77. The van der Waals surface area contributed by atoms with Crippen molar-refractivity contribution >= 4 is 11.6 Å². The molecule has 2 N–H and O–H groups in total. The third kappa shape index (κ3) is 4.73. The highest BCUT2D eigenvalue weighted by Gasteiger charge is 2.12. The van der Waals surface area contributed by atoms with E-state index in [0.717, 1.165) is 6.42 Å². The smallest absolute Gasteiger partial charge is 0.238 e. The van der Waals surface area contributed by atoms with Crippen molar-refractivity contribution in [2.45, 2.75) is 19.4 Å². The maximum absolute atomic E-state index is 12.3. The van der Waals surface area contributed by atoms with Crippen LogP contribution < -0.4 is 20.1 Å². The molecule has 0 heterocycles. The lowest BCUT2D eigenvalue weighted by Crippen LogP contribution is -2.31. The maximum atomic E-state index is 12.3. The van der Waals surface area contributed by atoms with Crippen LogP contribution in [-0.4, -0.2) is 26.7 Å². The first kappa shape index (κ1) is 17.8. The van der Waals surface area contributed by atoms with Crippen LogP contribution in [0.25, 0.3) is 0 Å². The summed E-state index contributed by atoms with van der Waals surface area (Å²) in [5, 5.41) is 6.15. The quantitative estimate of drug-likeness (QED) is 0.780. The fraction of sp³-hybridized carbons (Fsp3) is 0.316. The van der Waals surface area contributed by atoms with Crippen LogP contribution in [0.2, 0.25) is 0 Å². The van der Waals surface area contributed by atoms with Crippen molar-refractivity contribution in [3.05, 3.63) is 54.1 Å². The predicted molar refractivity (Wildman–Crippen MR) is 95.7 cm³/mol. The van der Waals surface area contributed by atoms with Crippen LogP contribution >= 0.6 is 0 Å². The van der Waals surface area contributed by atoms with E-state index in [9.17, 15) is 4.79 Å². The van der Waals surface area contributed by atoms with Gasteiger partial charge < -0.3 is 20.1 Å². The summed E-state index contributed by atoms with van der Waals surface area (Å²) < 4.78 is 10.5. The number of anilines is 1. The molecule has 0 saturated heterocycles. The highest BCUT2D eigenvalue weighted by atomic mass is 16.5. The highest BCUT2D eigenvalue weighted by molar-refractivity contribution is 5.94. The molecule has 0 bridgehead atoms. The van der Waals surface area contributed by atoms with Gasteiger partial charge in [0.1, 0.15) is 11.5 Å². The van der Waals surface area contributed by atoms with Gasteiger partial charge in [-0.2, -0.15) is 0 Å². The first-order chi connectivity index (χ1) is 11.7. The Hall–Kier alpha value is -2.53. The zero-order chi connectivity index (χ0) is 17.4. The van der Waals surface area contributed by atoms with E-state index in [2.05, 4.69) is 29.7 Å². The molecule has 0 aliphatic carbocycles. The van der Waals surface area contributed by atoms with Gasteiger partial charge in [0.15, 0.2) is 0 Å². The molecule has 0 aliphatic heterocycles. The average Bonchev–Trinajstić information content (AvgIpc) is 2.63. The maximum Gasteiger partial charge on any atom is 0.238 e. The number of methoxy groups -OCH3 is 2. The van der Waals surface area contributed by atoms with Crippen LogP contribution in [0.5, 0.6) is 11.5 Å². The summed E-state index contributed by atoms with van der Waals surface area (Å²) in [7, 11) is 3.15.